The first-order chi connectivity index (χ1) is 17.5. The highest BCUT2D eigenvalue weighted by Gasteiger charge is 2.24. The lowest BCUT2D eigenvalue weighted by atomic mass is 10.2. The Morgan fingerprint density at radius 3 is 2.56 bits per heavy atom. The van der Waals surface area contributed by atoms with Gasteiger partial charge in [-0.2, -0.15) is 10.1 Å². The van der Waals surface area contributed by atoms with Gasteiger partial charge in [-0.1, -0.05) is 42.5 Å². The molecule has 0 unspecified atom stereocenters. The largest absolute Gasteiger partial charge is 0.493 e. The molecule has 8 nitrogen and oxygen atoms in total. The van der Waals surface area contributed by atoms with Gasteiger partial charge in [-0.3, -0.25) is 9.80 Å². The second-order valence-corrected chi connectivity index (χ2v) is 8.23. The van der Waals surface area contributed by atoms with Gasteiger partial charge in [0, 0.05) is 8.47 Å². The van der Waals surface area contributed by atoms with Gasteiger partial charge >= 0.3 is 5.91 Å². The van der Waals surface area contributed by atoms with E-state index in [4.69, 9.17) is 9.47 Å². The van der Waals surface area contributed by atoms with Crippen LogP contribution < -0.4 is 19.4 Å². The number of ether oxygens (including phenoxy) is 2. The van der Waals surface area contributed by atoms with Crippen LogP contribution >= 0.6 is 0 Å². The van der Waals surface area contributed by atoms with Crippen molar-refractivity contribution in [3.63, 3.8) is 0 Å². The van der Waals surface area contributed by atoms with E-state index in [-0.39, 0.29) is 32.8 Å². The quantitative estimate of drug-likeness (QED) is 0.503. The maximum atomic E-state index is 13.0. The Kier molecular flexibility index (Phi) is 8.08. The molecule has 8 heteroatoms. The molecule has 0 fully saturated rings. The van der Waals surface area contributed by atoms with Gasteiger partial charge in [0.15, 0.2) is 12.3 Å². The molecule has 0 aromatic heterocycles. The van der Waals surface area contributed by atoms with E-state index in [9.17, 15) is 9.59 Å². The predicted octanol–water partition coefficient (Wildman–Crippen LogP) is 2.98. The van der Waals surface area contributed by atoms with Gasteiger partial charge in [0.2, 0.25) is 11.6 Å². The molecule has 2 amide bonds. The third-order valence-electron chi connectivity index (χ3n) is 5.37. The summed E-state index contributed by atoms with van der Waals surface area (Å²) in [5, 5.41) is 5.69. The third-order valence-corrected chi connectivity index (χ3v) is 5.37. The van der Waals surface area contributed by atoms with Crippen molar-refractivity contribution in [2.45, 2.75) is 13.3 Å². The maximum absolute atomic E-state index is 13.0. The molecule has 185 valence electrons. The van der Waals surface area contributed by atoms with Crippen LogP contribution in [0.15, 0.2) is 84.0 Å². The normalized spacial score (nSPS) is 13.6. The first kappa shape index (κ1) is 24.7. The van der Waals surface area contributed by atoms with E-state index in [2.05, 4.69) is 10.1 Å². The van der Waals surface area contributed by atoms with E-state index in [1.807, 2.05) is 85.8 Å². The van der Waals surface area contributed by atoms with Crippen LogP contribution in [-0.2, 0) is 9.59 Å². The molecule has 1 radical (unpaired) electrons. The highest BCUT2D eigenvalue weighted by atomic mass is 16.5. The van der Waals surface area contributed by atoms with Gasteiger partial charge in [0.25, 0.3) is 0 Å². The number of aryl methyl sites for hydroxylation is 1. The minimum absolute atomic E-state index is 0. The Morgan fingerprint density at radius 1 is 1.00 bits per heavy atom. The highest BCUT2D eigenvalue weighted by Crippen LogP contribution is 2.31. The van der Waals surface area contributed by atoms with Gasteiger partial charge in [-0.15, -0.1) is 0 Å². The van der Waals surface area contributed by atoms with Gasteiger partial charge in [0.05, 0.1) is 5.69 Å². The van der Waals surface area contributed by atoms with Crippen molar-refractivity contribution in [1.82, 2.24) is 5.01 Å². The molecule has 0 bridgehead atoms. The van der Waals surface area contributed by atoms with Gasteiger partial charge in [-0.25, -0.2) is 4.79 Å². The predicted molar refractivity (Wildman–Crippen MR) is 140 cm³/mol. The molecule has 0 atom stereocenters. The first-order valence-electron chi connectivity index (χ1n) is 11.6. The van der Waals surface area contributed by atoms with Crippen LogP contribution in [0.5, 0.6) is 17.2 Å². The van der Waals surface area contributed by atoms with Crippen molar-refractivity contribution in [2.75, 3.05) is 25.1 Å². The molecule has 4 rings (SSSR count). The van der Waals surface area contributed by atoms with E-state index in [1.165, 1.54) is 16.1 Å². The average Bonchev–Trinajstić information content (AvgIpc) is 3.31. The number of nitrogens with zero attached hydrogens (tertiary/aromatic N) is 3. The van der Waals surface area contributed by atoms with Crippen molar-refractivity contribution < 1.29 is 25.5 Å². The molecule has 3 aromatic carbocycles. The number of nitrogens with one attached hydrogen (secondary N) is 1. The number of benzene rings is 3. The van der Waals surface area contributed by atoms with Crippen molar-refractivity contribution in [2.24, 2.45) is 5.10 Å². The van der Waals surface area contributed by atoms with Crippen LogP contribution in [0.25, 0.3) is 0 Å². The summed E-state index contributed by atoms with van der Waals surface area (Å²) < 4.78 is 11.6. The Labute approximate surface area is 212 Å². The Hall–Kier alpha value is -4.46. The minimum atomic E-state index is -0.197. The van der Waals surface area contributed by atoms with Crippen LogP contribution in [0.3, 0.4) is 0 Å². The zero-order valence-corrected chi connectivity index (χ0v) is 20.3. The standard InChI is InChI=1S/C28H27N4O4.H2/c1-21-9-8-12-24(17-21)35-16-15-27(33)30-22-18-29-32(19-22)20-28(34)31(2)25-13-6-7-14-26(25)36-23-10-4-3-5-11-23;/h3-14,17-19H,15-16,20H2,1-2H3;1H/p+1. The molecule has 1 heterocycles. The molecular formula is C28H30N4O4+. The number of hydrogen-bond acceptors (Lipinski definition) is 6. The number of rotatable bonds is 9. The summed E-state index contributed by atoms with van der Waals surface area (Å²) in [4.78, 5) is 29.5. The Morgan fingerprint density at radius 2 is 1.75 bits per heavy atom. The number of para-hydroxylation sites is 3. The van der Waals surface area contributed by atoms with Gasteiger partial charge in [0.1, 0.15) is 37.3 Å². The molecule has 1 aliphatic rings. The van der Waals surface area contributed by atoms with E-state index in [1.54, 1.807) is 13.6 Å². The van der Waals surface area contributed by atoms with Crippen LogP contribution in [0, 0.1) is 13.5 Å². The van der Waals surface area contributed by atoms with E-state index in [0.29, 0.717) is 22.9 Å². The first-order valence-corrected chi connectivity index (χ1v) is 11.6. The number of likely N-dealkylation sites (N-methyl/N-ethyl adjacent to an activating group) is 1. The second kappa shape index (κ2) is 11.8. The van der Waals surface area contributed by atoms with Crippen LogP contribution in [0.4, 0.5) is 5.69 Å². The molecule has 0 aliphatic carbocycles. The summed E-state index contributed by atoms with van der Waals surface area (Å²) in [6, 6.07) is 24.4. The lowest BCUT2D eigenvalue weighted by Gasteiger charge is -2.22. The molecule has 1 aliphatic heterocycles. The molecule has 36 heavy (non-hydrogen) atoms. The molecule has 1 N–H and O–H groups in total. The summed E-state index contributed by atoms with van der Waals surface area (Å²) in [6.45, 7) is 3.87. The van der Waals surface area contributed by atoms with E-state index < -0.39 is 0 Å². The van der Waals surface area contributed by atoms with Crippen molar-refractivity contribution >= 4 is 29.4 Å². The molecular weight excluding hydrogens is 456 g/mol. The zero-order chi connectivity index (χ0) is 25.3. The fourth-order valence-corrected chi connectivity index (χ4v) is 3.52. The average molecular weight is 487 g/mol. The monoisotopic (exact) mass is 486 g/mol. The number of hydrazone groups is 1. The smallest absolute Gasteiger partial charge is 0.389 e. The lowest BCUT2D eigenvalue weighted by Crippen LogP contribution is -2.78. The Balaban J connectivity index is 0.00000380. The molecule has 3 aromatic rings. The highest BCUT2D eigenvalue weighted by molar-refractivity contribution is 6.33. The number of carbonyl (C=O) groups is 2. The number of hydrogen-bond donors (Lipinski definition) is 1. The third kappa shape index (κ3) is 6.79. The summed E-state index contributed by atoms with van der Waals surface area (Å²) in [5.41, 5.74) is 2.25. The fraction of sp³-hybridized carbons (Fsp3) is 0.179. The van der Waals surface area contributed by atoms with Crippen LogP contribution in [0.2, 0.25) is 0 Å². The SMILES string of the molecule is Cc1cccc(OCCC(=O)[NH+]=C2[CH]N(CC(=O)N(C)c3ccccc3Oc3ccccc3)N=C2)c1.[HH]. The summed E-state index contributed by atoms with van der Waals surface area (Å²) >= 11 is 0. The topological polar surface area (TPSA) is 85.4 Å². The van der Waals surface area contributed by atoms with Gasteiger partial charge in [-0.05, 0) is 48.9 Å². The second-order valence-electron chi connectivity index (χ2n) is 8.23. The van der Waals surface area contributed by atoms with Crippen LogP contribution in [-0.4, -0.2) is 48.9 Å². The lowest BCUT2D eigenvalue weighted by molar-refractivity contribution is -0.376. The zero-order valence-electron chi connectivity index (χ0n) is 20.3. The van der Waals surface area contributed by atoms with Crippen molar-refractivity contribution in [1.29, 1.82) is 0 Å². The molecule has 0 spiro atoms. The van der Waals surface area contributed by atoms with E-state index >= 15 is 0 Å². The molecule has 0 saturated heterocycles. The number of carbonyl (C=O) groups excluding carboxylic acids is 2. The van der Waals surface area contributed by atoms with E-state index in [0.717, 1.165) is 11.3 Å². The maximum Gasteiger partial charge on any atom is 0.389 e. The van der Waals surface area contributed by atoms with Crippen molar-refractivity contribution in [3.8, 4) is 17.2 Å². The Bertz CT molecular complexity index is 1280. The number of anilines is 1. The summed E-state index contributed by atoms with van der Waals surface area (Å²) in [6.07, 6.45) is 1.71. The molecule has 0 saturated carbocycles. The summed E-state index contributed by atoms with van der Waals surface area (Å²) in [7, 11) is 1.69. The van der Waals surface area contributed by atoms with Gasteiger partial charge < -0.3 is 14.4 Å². The minimum Gasteiger partial charge on any atom is -0.493 e. The number of amides is 2. The summed E-state index contributed by atoms with van der Waals surface area (Å²) in [5.74, 6) is 1.60. The van der Waals surface area contributed by atoms with Crippen LogP contribution in [0.1, 0.15) is 13.4 Å². The van der Waals surface area contributed by atoms with Crippen molar-refractivity contribution in [3.05, 3.63) is 91.0 Å². The fourth-order valence-electron chi connectivity index (χ4n) is 3.52.